The second kappa shape index (κ2) is 16.3. The molecule has 9 nitrogen and oxygen atoms in total. The van der Waals surface area contributed by atoms with Gasteiger partial charge in [0.2, 0.25) is 11.8 Å². The Hall–Kier alpha value is -4.54. The molecule has 0 saturated carbocycles. The van der Waals surface area contributed by atoms with Crippen LogP contribution < -0.4 is 19.1 Å². The van der Waals surface area contributed by atoms with Crippen molar-refractivity contribution in [3.05, 3.63) is 119 Å². The predicted molar refractivity (Wildman–Crippen MR) is 184 cm³/mol. The van der Waals surface area contributed by atoms with Crippen molar-refractivity contribution in [3.63, 3.8) is 0 Å². The zero-order chi connectivity index (χ0) is 34.0. The van der Waals surface area contributed by atoms with Gasteiger partial charge in [0.1, 0.15) is 24.1 Å². The maximum atomic E-state index is 14.6. The van der Waals surface area contributed by atoms with Crippen molar-refractivity contribution >= 4 is 39.1 Å². The fraction of sp³-hybridized carbons (Fsp3) is 0.278. The summed E-state index contributed by atoms with van der Waals surface area (Å²) in [7, 11) is -1.23. The van der Waals surface area contributed by atoms with Gasteiger partial charge in [-0.15, -0.1) is 0 Å². The van der Waals surface area contributed by atoms with Gasteiger partial charge in [0.25, 0.3) is 10.0 Å². The SMILES string of the molecule is COc1ccc(S(=O)(=O)N(CC(=O)N(Cc2cccc(OC)c2)[C@H](Cc2ccccc2)C(=O)NCC(C)C)c2ccc(Cl)cc2)cc1. The molecule has 0 saturated heterocycles. The van der Waals surface area contributed by atoms with Crippen molar-refractivity contribution in [2.24, 2.45) is 5.92 Å². The lowest BCUT2D eigenvalue weighted by atomic mass is 10.0. The molecular formula is C36H40ClN3O6S. The molecule has 0 aliphatic heterocycles. The lowest BCUT2D eigenvalue weighted by Crippen LogP contribution is -2.53. The molecule has 47 heavy (non-hydrogen) atoms. The van der Waals surface area contributed by atoms with E-state index in [1.54, 1.807) is 61.7 Å². The first kappa shape index (κ1) is 35.3. The third-order valence-electron chi connectivity index (χ3n) is 7.48. The van der Waals surface area contributed by atoms with Gasteiger partial charge in [-0.05, 0) is 77.7 Å². The summed E-state index contributed by atoms with van der Waals surface area (Å²) >= 11 is 6.15. The summed E-state index contributed by atoms with van der Waals surface area (Å²) in [6.07, 6.45) is 0.215. The minimum Gasteiger partial charge on any atom is -0.497 e. The van der Waals surface area contributed by atoms with Crippen LogP contribution in [-0.2, 0) is 32.6 Å². The van der Waals surface area contributed by atoms with E-state index < -0.39 is 28.5 Å². The fourth-order valence-corrected chi connectivity index (χ4v) is 6.50. The largest absolute Gasteiger partial charge is 0.497 e. The maximum absolute atomic E-state index is 14.6. The molecule has 248 valence electrons. The molecule has 0 aliphatic rings. The number of methoxy groups -OCH3 is 2. The van der Waals surface area contributed by atoms with Crippen molar-refractivity contribution in [3.8, 4) is 11.5 Å². The molecular weight excluding hydrogens is 638 g/mol. The Morgan fingerprint density at radius 3 is 2.06 bits per heavy atom. The number of carbonyl (C=O) groups is 2. The molecule has 0 aromatic heterocycles. The minimum absolute atomic E-state index is 0.0275. The summed E-state index contributed by atoms with van der Waals surface area (Å²) < 4.78 is 40.0. The Morgan fingerprint density at radius 2 is 1.45 bits per heavy atom. The summed E-state index contributed by atoms with van der Waals surface area (Å²) in [5.74, 6) is 0.339. The van der Waals surface area contributed by atoms with Crippen LogP contribution in [-0.4, -0.2) is 58.5 Å². The first-order valence-electron chi connectivity index (χ1n) is 15.2. The molecule has 1 N–H and O–H groups in total. The number of benzene rings is 4. The van der Waals surface area contributed by atoms with Crippen molar-refractivity contribution < 1.29 is 27.5 Å². The number of anilines is 1. The molecule has 11 heteroatoms. The highest BCUT2D eigenvalue weighted by Crippen LogP contribution is 2.28. The quantitative estimate of drug-likeness (QED) is 0.166. The van der Waals surface area contributed by atoms with Crippen molar-refractivity contribution in [2.45, 2.75) is 37.8 Å². The molecule has 0 unspecified atom stereocenters. The van der Waals surface area contributed by atoms with Crippen LogP contribution in [0, 0.1) is 5.92 Å². The van der Waals surface area contributed by atoms with Crippen LogP contribution in [0.5, 0.6) is 11.5 Å². The van der Waals surface area contributed by atoms with Gasteiger partial charge in [-0.2, -0.15) is 0 Å². The van der Waals surface area contributed by atoms with E-state index in [0.29, 0.717) is 28.6 Å². The van der Waals surface area contributed by atoms with Gasteiger partial charge in [0.15, 0.2) is 0 Å². The molecule has 4 aromatic carbocycles. The van der Waals surface area contributed by atoms with Gasteiger partial charge < -0.3 is 19.7 Å². The van der Waals surface area contributed by atoms with Crippen molar-refractivity contribution in [1.82, 2.24) is 10.2 Å². The van der Waals surface area contributed by atoms with Crippen LogP contribution in [0.25, 0.3) is 0 Å². The zero-order valence-electron chi connectivity index (χ0n) is 26.9. The van der Waals surface area contributed by atoms with Crippen LogP contribution in [0.2, 0.25) is 5.02 Å². The Bertz CT molecular complexity index is 1730. The van der Waals surface area contributed by atoms with Gasteiger partial charge in [0.05, 0.1) is 24.8 Å². The molecule has 4 rings (SSSR count). The number of hydrogen-bond acceptors (Lipinski definition) is 6. The molecule has 0 radical (unpaired) electrons. The number of rotatable bonds is 15. The van der Waals surface area contributed by atoms with Crippen LogP contribution in [0.1, 0.15) is 25.0 Å². The Morgan fingerprint density at radius 1 is 0.809 bits per heavy atom. The van der Waals surface area contributed by atoms with Gasteiger partial charge in [-0.1, -0.05) is 67.9 Å². The van der Waals surface area contributed by atoms with E-state index in [1.807, 2.05) is 50.2 Å². The average Bonchev–Trinajstić information content (AvgIpc) is 3.08. The lowest BCUT2D eigenvalue weighted by molar-refractivity contribution is -0.140. The number of nitrogens with zero attached hydrogens (tertiary/aromatic N) is 2. The van der Waals surface area contributed by atoms with Crippen LogP contribution in [0.3, 0.4) is 0 Å². The number of amides is 2. The third-order valence-corrected chi connectivity index (χ3v) is 9.52. The van der Waals surface area contributed by atoms with Crippen LogP contribution >= 0.6 is 11.6 Å². The van der Waals surface area contributed by atoms with E-state index in [0.717, 1.165) is 9.87 Å². The molecule has 0 heterocycles. The number of hydrogen-bond donors (Lipinski definition) is 1. The first-order chi connectivity index (χ1) is 22.5. The number of halogens is 1. The molecule has 0 spiro atoms. The van der Waals surface area contributed by atoms with Gasteiger partial charge in [0, 0.05) is 24.5 Å². The van der Waals surface area contributed by atoms with Gasteiger partial charge in [-0.3, -0.25) is 13.9 Å². The third kappa shape index (κ3) is 9.49. The second-order valence-corrected chi connectivity index (χ2v) is 13.7. The van der Waals surface area contributed by atoms with Crippen LogP contribution in [0.15, 0.2) is 108 Å². The summed E-state index contributed by atoms with van der Waals surface area (Å²) in [6, 6.07) is 27.8. The normalized spacial score (nSPS) is 11.9. The standard InChI is InChI=1S/C36H40ClN3O6S/c1-26(2)23-38-36(42)34(22-27-9-6-5-7-10-27)39(24-28-11-8-12-32(21-28)46-4)35(41)25-40(30-15-13-29(37)14-16-30)47(43,44)33-19-17-31(45-3)18-20-33/h5-21,26,34H,22-25H2,1-4H3,(H,38,42)/t34-/m1/s1. The van der Waals surface area contributed by atoms with E-state index >= 15 is 0 Å². The number of sulfonamides is 1. The number of nitrogens with one attached hydrogen (secondary N) is 1. The summed E-state index contributed by atoms with van der Waals surface area (Å²) in [4.78, 5) is 29.9. The Labute approximate surface area is 282 Å². The lowest BCUT2D eigenvalue weighted by Gasteiger charge is -2.34. The van der Waals surface area contributed by atoms with Crippen molar-refractivity contribution in [1.29, 1.82) is 0 Å². The van der Waals surface area contributed by atoms with E-state index in [9.17, 15) is 18.0 Å². The van der Waals surface area contributed by atoms with Gasteiger partial charge >= 0.3 is 0 Å². The fourth-order valence-electron chi connectivity index (χ4n) is 4.96. The Kier molecular flexibility index (Phi) is 12.3. The topological polar surface area (TPSA) is 105 Å². The second-order valence-electron chi connectivity index (χ2n) is 11.4. The summed E-state index contributed by atoms with van der Waals surface area (Å²) in [6.45, 7) is 3.83. The monoisotopic (exact) mass is 677 g/mol. The summed E-state index contributed by atoms with van der Waals surface area (Å²) in [5, 5.41) is 3.40. The number of carbonyl (C=O) groups excluding carboxylic acids is 2. The van der Waals surface area contributed by atoms with Crippen LogP contribution in [0.4, 0.5) is 5.69 Å². The highest BCUT2D eigenvalue weighted by Gasteiger charge is 2.34. The first-order valence-corrected chi connectivity index (χ1v) is 17.0. The highest BCUT2D eigenvalue weighted by molar-refractivity contribution is 7.92. The number of ether oxygens (including phenoxy) is 2. The molecule has 1 atom stereocenters. The minimum atomic E-state index is -4.26. The van der Waals surface area contributed by atoms with Gasteiger partial charge in [-0.25, -0.2) is 8.42 Å². The van der Waals surface area contributed by atoms with E-state index in [1.165, 1.54) is 24.1 Å². The average molecular weight is 678 g/mol. The van der Waals surface area contributed by atoms with E-state index in [-0.39, 0.29) is 35.4 Å². The van der Waals surface area contributed by atoms with Crippen molar-refractivity contribution in [2.75, 3.05) is 31.6 Å². The molecule has 0 aliphatic carbocycles. The molecule has 4 aromatic rings. The molecule has 2 amide bonds. The van der Waals surface area contributed by atoms with E-state index in [2.05, 4.69) is 5.32 Å². The highest BCUT2D eigenvalue weighted by atomic mass is 35.5. The molecule has 0 fully saturated rings. The maximum Gasteiger partial charge on any atom is 0.264 e. The van der Waals surface area contributed by atoms with E-state index in [4.69, 9.17) is 21.1 Å². The smallest absolute Gasteiger partial charge is 0.264 e. The Balaban J connectivity index is 1.80. The predicted octanol–water partition coefficient (Wildman–Crippen LogP) is 5.96. The zero-order valence-corrected chi connectivity index (χ0v) is 28.5. The summed E-state index contributed by atoms with van der Waals surface area (Å²) in [5.41, 5.74) is 1.80. The molecule has 0 bridgehead atoms.